The third-order valence-corrected chi connectivity index (χ3v) is 2.07. The van der Waals surface area contributed by atoms with E-state index in [-0.39, 0.29) is 6.10 Å². The highest BCUT2D eigenvalue weighted by atomic mass is 32.8. The average molecular weight is 144 g/mol. The predicted octanol–water partition coefficient (Wildman–Crippen LogP) is 0.527. The van der Waals surface area contributed by atoms with Crippen molar-refractivity contribution >= 4 is 20.9 Å². The molecule has 3 heteroatoms. The van der Waals surface area contributed by atoms with Crippen LogP contribution in [0.25, 0.3) is 0 Å². The van der Waals surface area contributed by atoms with Crippen LogP contribution in [0.1, 0.15) is 0 Å². The predicted molar refractivity (Wildman–Crippen MR) is 37.6 cm³/mol. The summed E-state index contributed by atoms with van der Waals surface area (Å²) in [6.45, 7) is 0. The van der Waals surface area contributed by atoms with Crippen molar-refractivity contribution in [3.05, 3.63) is 11.5 Å². The normalized spacial score (nSPS) is 34.9. The highest BCUT2D eigenvalue weighted by molar-refractivity contribution is 8.28. The van der Waals surface area contributed by atoms with Crippen molar-refractivity contribution in [2.45, 2.75) is 6.10 Å². The topological polar surface area (TPSA) is 9.23 Å². The Morgan fingerprint density at radius 3 is 2.88 bits per heavy atom. The van der Waals surface area contributed by atoms with Gasteiger partial charge in [0.1, 0.15) is 0 Å². The van der Waals surface area contributed by atoms with Crippen LogP contribution >= 0.6 is 0 Å². The van der Waals surface area contributed by atoms with Crippen LogP contribution in [-0.4, -0.2) is 6.10 Å². The largest absolute Gasteiger partial charge is 0.288 e. The molecule has 1 aliphatic heterocycles. The van der Waals surface area contributed by atoms with Gasteiger partial charge in [-0.3, -0.25) is 4.18 Å². The van der Waals surface area contributed by atoms with Gasteiger partial charge in [-0.2, -0.15) is 0 Å². The van der Waals surface area contributed by atoms with E-state index >= 15 is 0 Å². The van der Waals surface area contributed by atoms with E-state index in [4.69, 9.17) is 21.8 Å². The van der Waals surface area contributed by atoms with Gasteiger partial charge in [-0.15, -0.1) is 6.42 Å². The molecule has 2 atom stereocenters. The van der Waals surface area contributed by atoms with Gasteiger partial charge in [0.25, 0.3) is 0 Å². The Bertz CT molecular complexity index is 177. The number of rotatable bonds is 0. The van der Waals surface area contributed by atoms with Crippen molar-refractivity contribution in [1.82, 2.24) is 0 Å². The fourth-order valence-electron chi connectivity index (χ4n) is 0.385. The van der Waals surface area contributed by atoms with E-state index in [1.165, 1.54) is 0 Å². The molecule has 1 heterocycles. The number of hydrogen-bond acceptors (Lipinski definition) is 2. The zero-order valence-electron chi connectivity index (χ0n) is 4.03. The summed E-state index contributed by atoms with van der Waals surface area (Å²) in [5, 5.41) is 1.81. The molecule has 0 fully saturated rings. The molecule has 0 spiro atoms. The molecule has 8 heavy (non-hydrogen) atoms. The second-order valence-corrected chi connectivity index (χ2v) is 3.24. The van der Waals surface area contributed by atoms with Crippen molar-refractivity contribution in [3.63, 3.8) is 0 Å². The molecule has 0 N–H and O–H groups in total. The van der Waals surface area contributed by atoms with Crippen LogP contribution in [0.15, 0.2) is 11.5 Å². The standard InChI is InChI=1S/C5H4OS2/c1-2-5-3-4-8(7)6-5/h1,3-5H. The summed E-state index contributed by atoms with van der Waals surface area (Å²) in [6, 6.07) is 0. The molecule has 0 radical (unpaired) electrons. The molecule has 0 aliphatic carbocycles. The van der Waals surface area contributed by atoms with E-state index in [1.54, 1.807) is 11.5 Å². The molecule has 1 aliphatic rings. The lowest BCUT2D eigenvalue weighted by Gasteiger charge is -1.94. The lowest BCUT2D eigenvalue weighted by Crippen LogP contribution is -1.98. The lowest BCUT2D eigenvalue weighted by atomic mass is 10.4. The van der Waals surface area contributed by atoms with E-state index < -0.39 is 9.74 Å². The zero-order valence-corrected chi connectivity index (χ0v) is 5.67. The zero-order chi connectivity index (χ0) is 5.98. The van der Waals surface area contributed by atoms with Gasteiger partial charge in [0, 0.05) is 15.1 Å². The van der Waals surface area contributed by atoms with Gasteiger partial charge in [-0.25, -0.2) is 0 Å². The Morgan fingerprint density at radius 1 is 1.88 bits per heavy atom. The molecule has 1 rings (SSSR count). The second-order valence-electron chi connectivity index (χ2n) is 1.27. The van der Waals surface area contributed by atoms with E-state index in [9.17, 15) is 0 Å². The molecular weight excluding hydrogens is 140 g/mol. The third-order valence-electron chi connectivity index (χ3n) is 0.727. The monoisotopic (exact) mass is 144 g/mol. The van der Waals surface area contributed by atoms with Crippen LogP contribution in [0.4, 0.5) is 0 Å². The smallest absolute Gasteiger partial charge is 0.152 e. The number of terminal acetylenes is 1. The van der Waals surface area contributed by atoms with E-state index in [2.05, 4.69) is 5.92 Å². The fraction of sp³-hybridized carbons (Fsp3) is 0.200. The first-order chi connectivity index (χ1) is 3.83. The van der Waals surface area contributed by atoms with Crippen LogP contribution in [0.2, 0.25) is 0 Å². The van der Waals surface area contributed by atoms with Gasteiger partial charge in [-0.1, -0.05) is 5.92 Å². The van der Waals surface area contributed by atoms with Crippen molar-refractivity contribution in [2.24, 2.45) is 0 Å². The number of hydrogen-bond donors (Lipinski definition) is 0. The van der Waals surface area contributed by atoms with Crippen molar-refractivity contribution in [3.8, 4) is 12.3 Å². The van der Waals surface area contributed by atoms with Crippen molar-refractivity contribution in [1.29, 1.82) is 0 Å². The molecule has 0 amide bonds. The molecule has 0 aromatic heterocycles. The Kier molecular flexibility index (Phi) is 1.79. The van der Waals surface area contributed by atoms with E-state index in [0.717, 1.165) is 0 Å². The average Bonchev–Trinajstić information content (AvgIpc) is 2.14. The Morgan fingerprint density at radius 2 is 2.62 bits per heavy atom. The van der Waals surface area contributed by atoms with Gasteiger partial charge in [-0.05, 0) is 17.3 Å². The fourth-order valence-corrected chi connectivity index (χ4v) is 1.49. The Balaban J connectivity index is 2.62. The second kappa shape index (κ2) is 2.40. The summed E-state index contributed by atoms with van der Waals surface area (Å²) in [5.74, 6) is 2.43. The molecule has 0 saturated carbocycles. The third kappa shape index (κ3) is 1.16. The van der Waals surface area contributed by atoms with Gasteiger partial charge in [0.2, 0.25) is 0 Å². The summed E-state index contributed by atoms with van der Waals surface area (Å²) in [7, 11) is -0.443. The maximum Gasteiger partial charge on any atom is 0.152 e. The first-order valence-electron chi connectivity index (χ1n) is 2.05. The van der Waals surface area contributed by atoms with Gasteiger partial charge in [0.15, 0.2) is 6.10 Å². The van der Waals surface area contributed by atoms with E-state index in [1.807, 2.05) is 0 Å². The first-order valence-corrected chi connectivity index (χ1v) is 4.19. The Labute approximate surface area is 55.5 Å². The van der Waals surface area contributed by atoms with Crippen molar-refractivity contribution in [2.75, 3.05) is 0 Å². The molecule has 42 valence electrons. The summed E-state index contributed by atoms with van der Waals surface area (Å²) in [6.07, 6.45) is 6.66. The molecule has 0 bridgehead atoms. The molecular formula is C5H4OS2. The van der Waals surface area contributed by atoms with Crippen LogP contribution < -0.4 is 0 Å². The Hall–Kier alpha value is -0.170. The van der Waals surface area contributed by atoms with Gasteiger partial charge >= 0.3 is 0 Å². The summed E-state index contributed by atoms with van der Waals surface area (Å²) >= 11 is 4.77. The van der Waals surface area contributed by atoms with Crippen LogP contribution in [0.5, 0.6) is 0 Å². The summed E-state index contributed by atoms with van der Waals surface area (Å²) < 4.78 is 5.01. The van der Waals surface area contributed by atoms with E-state index in [0.29, 0.717) is 0 Å². The highest BCUT2D eigenvalue weighted by Crippen LogP contribution is 2.06. The lowest BCUT2D eigenvalue weighted by molar-refractivity contribution is 0.370. The maximum atomic E-state index is 5.03. The molecule has 0 aromatic rings. The minimum Gasteiger partial charge on any atom is -0.288 e. The highest BCUT2D eigenvalue weighted by Gasteiger charge is 2.07. The maximum absolute atomic E-state index is 5.03. The minimum atomic E-state index is -0.443. The molecule has 1 nitrogen and oxygen atoms in total. The van der Waals surface area contributed by atoms with Gasteiger partial charge in [0.05, 0.1) is 0 Å². The van der Waals surface area contributed by atoms with Crippen molar-refractivity contribution < 1.29 is 4.18 Å². The molecule has 0 saturated heterocycles. The summed E-state index contributed by atoms with van der Waals surface area (Å²) in [5.41, 5.74) is 0. The molecule has 2 unspecified atom stereocenters. The SMILES string of the molecule is C#CC1C=CS(=S)O1. The first kappa shape index (κ1) is 5.96. The van der Waals surface area contributed by atoms with Crippen LogP contribution in [0.3, 0.4) is 0 Å². The quantitative estimate of drug-likeness (QED) is 0.459. The molecule has 0 aromatic carbocycles. The summed E-state index contributed by atoms with van der Waals surface area (Å²) in [4.78, 5) is 0. The van der Waals surface area contributed by atoms with Gasteiger partial charge < -0.3 is 0 Å². The van der Waals surface area contributed by atoms with Crippen LogP contribution in [-0.2, 0) is 25.1 Å². The minimum absolute atomic E-state index is 0.171. The van der Waals surface area contributed by atoms with Crippen LogP contribution in [0, 0.1) is 12.3 Å².